The van der Waals surface area contributed by atoms with Crippen molar-refractivity contribution in [2.24, 2.45) is 11.8 Å². The molecule has 0 saturated carbocycles. The normalized spacial score (nSPS) is 29.8. The minimum absolute atomic E-state index is 0.0543. The highest BCUT2D eigenvalue weighted by Gasteiger charge is 2.34. The van der Waals surface area contributed by atoms with Gasteiger partial charge in [-0.15, -0.1) is 0 Å². The predicted octanol–water partition coefficient (Wildman–Crippen LogP) is 2.07. The number of piperidine rings is 3. The van der Waals surface area contributed by atoms with Gasteiger partial charge in [0.05, 0.1) is 5.92 Å². The molecule has 3 aliphatic heterocycles. The fourth-order valence-electron chi connectivity index (χ4n) is 5.02. The van der Waals surface area contributed by atoms with Gasteiger partial charge in [0.2, 0.25) is 11.9 Å². The molecule has 142 valence electrons. The van der Waals surface area contributed by atoms with E-state index in [9.17, 15) is 4.79 Å². The van der Waals surface area contributed by atoms with Gasteiger partial charge in [-0.1, -0.05) is 6.42 Å². The molecule has 0 aromatic carbocycles. The molecule has 3 aliphatic rings. The molecule has 1 N–H and O–H groups in total. The first-order valence-corrected chi connectivity index (χ1v) is 10.3. The third-order valence-corrected chi connectivity index (χ3v) is 6.39. The second-order valence-electron chi connectivity index (χ2n) is 8.08. The van der Waals surface area contributed by atoms with Crippen LogP contribution in [0.25, 0.3) is 0 Å². The van der Waals surface area contributed by atoms with Gasteiger partial charge in [0.25, 0.3) is 0 Å². The van der Waals surface area contributed by atoms with E-state index in [1.54, 1.807) is 12.4 Å². The van der Waals surface area contributed by atoms with E-state index in [-0.39, 0.29) is 11.8 Å². The molecule has 6 nitrogen and oxygen atoms in total. The Balaban J connectivity index is 1.30. The van der Waals surface area contributed by atoms with Crippen LogP contribution in [0.2, 0.25) is 0 Å². The molecule has 1 aromatic heterocycles. The minimum atomic E-state index is 0.0543. The van der Waals surface area contributed by atoms with E-state index in [1.807, 2.05) is 6.07 Å². The first-order chi connectivity index (χ1) is 12.8. The zero-order valence-corrected chi connectivity index (χ0v) is 15.6. The second-order valence-corrected chi connectivity index (χ2v) is 8.08. The van der Waals surface area contributed by atoms with Crippen molar-refractivity contribution in [2.75, 3.05) is 37.6 Å². The maximum absolute atomic E-state index is 12.8. The van der Waals surface area contributed by atoms with E-state index >= 15 is 0 Å². The number of fused-ring (bicyclic) bond motifs is 1. The molecule has 1 amide bonds. The maximum atomic E-state index is 12.8. The number of carbonyl (C=O) groups excluding carboxylic acids is 1. The van der Waals surface area contributed by atoms with Gasteiger partial charge >= 0.3 is 0 Å². The highest BCUT2D eigenvalue weighted by atomic mass is 16.1. The average molecular weight is 358 g/mol. The molecule has 4 heterocycles. The highest BCUT2D eigenvalue weighted by molar-refractivity contribution is 5.79. The third-order valence-electron chi connectivity index (χ3n) is 6.39. The second kappa shape index (κ2) is 8.33. The van der Waals surface area contributed by atoms with Gasteiger partial charge in [-0.2, -0.15) is 0 Å². The predicted molar refractivity (Wildman–Crippen MR) is 102 cm³/mol. The Hall–Kier alpha value is -1.69. The molecule has 0 bridgehead atoms. The van der Waals surface area contributed by atoms with E-state index in [1.165, 1.54) is 45.2 Å². The van der Waals surface area contributed by atoms with Crippen LogP contribution in [0.5, 0.6) is 0 Å². The van der Waals surface area contributed by atoms with Gasteiger partial charge in [-0.05, 0) is 63.6 Å². The molecule has 4 rings (SSSR count). The lowest BCUT2D eigenvalue weighted by atomic mass is 9.83. The summed E-state index contributed by atoms with van der Waals surface area (Å²) < 4.78 is 0. The van der Waals surface area contributed by atoms with Crippen molar-refractivity contribution in [3.8, 4) is 0 Å². The first kappa shape index (κ1) is 17.7. The summed E-state index contributed by atoms with van der Waals surface area (Å²) in [7, 11) is 0. The smallest absolute Gasteiger partial charge is 0.225 e. The molecule has 3 saturated heterocycles. The number of nitrogens with one attached hydrogen (secondary N) is 1. The van der Waals surface area contributed by atoms with Crippen LogP contribution in [-0.4, -0.2) is 59.5 Å². The fourth-order valence-corrected chi connectivity index (χ4v) is 5.02. The van der Waals surface area contributed by atoms with Crippen molar-refractivity contribution in [1.29, 1.82) is 0 Å². The molecule has 6 heteroatoms. The number of rotatable bonds is 4. The number of nitrogens with zero attached hydrogens (tertiary/aromatic N) is 4. The van der Waals surface area contributed by atoms with Crippen LogP contribution >= 0.6 is 0 Å². The molecule has 3 atom stereocenters. The molecule has 0 unspecified atom stereocenters. The molecular formula is C20H31N5O. The number of carbonyl (C=O) groups is 1. The van der Waals surface area contributed by atoms with Crippen molar-refractivity contribution in [1.82, 2.24) is 20.2 Å². The monoisotopic (exact) mass is 357 g/mol. The number of aromatic nitrogens is 2. The van der Waals surface area contributed by atoms with E-state index in [0.717, 1.165) is 38.4 Å². The molecular weight excluding hydrogens is 326 g/mol. The molecule has 0 radical (unpaired) electrons. The quantitative estimate of drug-likeness (QED) is 0.894. The van der Waals surface area contributed by atoms with E-state index in [0.29, 0.717) is 12.0 Å². The molecule has 0 spiro atoms. The summed E-state index contributed by atoms with van der Waals surface area (Å²) in [5, 5.41) is 3.29. The highest BCUT2D eigenvalue weighted by Crippen LogP contribution is 2.30. The number of amides is 1. The Bertz CT molecular complexity index is 593. The first-order valence-electron chi connectivity index (χ1n) is 10.3. The summed E-state index contributed by atoms with van der Waals surface area (Å²) >= 11 is 0. The van der Waals surface area contributed by atoms with Crippen molar-refractivity contribution in [3.05, 3.63) is 18.5 Å². The van der Waals surface area contributed by atoms with Gasteiger partial charge in [0.15, 0.2) is 0 Å². The topological polar surface area (TPSA) is 61.4 Å². The third kappa shape index (κ3) is 4.00. The van der Waals surface area contributed by atoms with Crippen molar-refractivity contribution in [3.63, 3.8) is 0 Å². The van der Waals surface area contributed by atoms with Crippen LogP contribution in [0.15, 0.2) is 18.5 Å². The van der Waals surface area contributed by atoms with Crippen LogP contribution in [0.4, 0.5) is 5.95 Å². The molecule has 0 aliphatic carbocycles. The summed E-state index contributed by atoms with van der Waals surface area (Å²) in [6.45, 7) is 5.02. The number of hydrogen-bond acceptors (Lipinski definition) is 5. The standard InChI is InChI=1S/C20H31N5O/c26-19(17-7-4-13-25(15-17)20-21-9-5-10-22-20)23-14-16-6-3-12-24-11-2-1-8-18(16)24/h5,9-10,16-18H,1-4,6-8,11-15H2,(H,23,26)/t16-,17+,18+/m0/s1. The Morgan fingerprint density at radius 3 is 2.73 bits per heavy atom. The minimum Gasteiger partial charge on any atom is -0.355 e. The molecule has 3 fully saturated rings. The van der Waals surface area contributed by atoms with Crippen molar-refractivity contribution < 1.29 is 4.79 Å². The Morgan fingerprint density at radius 2 is 1.85 bits per heavy atom. The Kier molecular flexibility index (Phi) is 5.68. The summed E-state index contributed by atoms with van der Waals surface area (Å²) in [5.74, 6) is 1.65. The zero-order valence-electron chi connectivity index (χ0n) is 15.6. The van der Waals surface area contributed by atoms with Crippen LogP contribution in [-0.2, 0) is 4.79 Å². The van der Waals surface area contributed by atoms with Gasteiger partial charge in [-0.25, -0.2) is 9.97 Å². The summed E-state index contributed by atoms with van der Waals surface area (Å²) in [6, 6.07) is 2.52. The van der Waals surface area contributed by atoms with Crippen LogP contribution in [0, 0.1) is 11.8 Å². The zero-order chi connectivity index (χ0) is 17.8. The molecule has 1 aromatic rings. The summed E-state index contributed by atoms with van der Waals surface area (Å²) in [4.78, 5) is 26.3. The average Bonchev–Trinajstić information content (AvgIpc) is 2.72. The van der Waals surface area contributed by atoms with Crippen LogP contribution in [0.3, 0.4) is 0 Å². The summed E-state index contributed by atoms with van der Waals surface area (Å²) in [5.41, 5.74) is 0. The van der Waals surface area contributed by atoms with Crippen LogP contribution < -0.4 is 10.2 Å². The van der Waals surface area contributed by atoms with Gasteiger partial charge in [-0.3, -0.25) is 4.79 Å². The maximum Gasteiger partial charge on any atom is 0.225 e. The number of anilines is 1. The number of hydrogen-bond donors (Lipinski definition) is 1. The largest absolute Gasteiger partial charge is 0.355 e. The van der Waals surface area contributed by atoms with Crippen molar-refractivity contribution >= 4 is 11.9 Å². The lowest BCUT2D eigenvalue weighted by Gasteiger charge is -2.44. The van der Waals surface area contributed by atoms with E-state index in [2.05, 4.69) is 25.1 Å². The van der Waals surface area contributed by atoms with Crippen LogP contribution in [0.1, 0.15) is 44.9 Å². The SMILES string of the molecule is O=C(NC[C@@H]1CCCN2CCCC[C@H]12)[C@@H]1CCCN(c2ncccn2)C1. The van der Waals surface area contributed by atoms with Gasteiger partial charge in [0, 0.05) is 38.1 Å². The lowest BCUT2D eigenvalue weighted by molar-refractivity contribution is -0.125. The van der Waals surface area contributed by atoms with E-state index < -0.39 is 0 Å². The van der Waals surface area contributed by atoms with Gasteiger partial charge in [0.1, 0.15) is 0 Å². The Labute approximate surface area is 156 Å². The van der Waals surface area contributed by atoms with Crippen molar-refractivity contribution in [2.45, 2.75) is 51.0 Å². The summed E-state index contributed by atoms with van der Waals surface area (Å²) in [6.07, 6.45) is 12.1. The van der Waals surface area contributed by atoms with E-state index in [4.69, 9.17) is 0 Å². The fraction of sp³-hybridized carbons (Fsp3) is 0.750. The molecule has 26 heavy (non-hydrogen) atoms. The Morgan fingerprint density at radius 1 is 1.04 bits per heavy atom. The van der Waals surface area contributed by atoms with Gasteiger partial charge < -0.3 is 15.1 Å². The lowest BCUT2D eigenvalue weighted by Crippen LogP contribution is -2.52.